The fourth-order valence-corrected chi connectivity index (χ4v) is 4.81. The van der Waals surface area contributed by atoms with E-state index in [4.69, 9.17) is 16.6 Å². The molecule has 1 saturated heterocycles. The number of aryl methyl sites for hydroxylation is 1. The topological polar surface area (TPSA) is 34.0 Å². The van der Waals surface area contributed by atoms with Gasteiger partial charge in [-0.3, -0.25) is 0 Å². The van der Waals surface area contributed by atoms with E-state index in [0.29, 0.717) is 5.92 Å². The number of anilines is 1. The average Bonchev–Trinajstić information content (AvgIpc) is 3.17. The second-order valence-electron chi connectivity index (χ2n) is 6.28. The predicted molar refractivity (Wildman–Crippen MR) is 96.5 cm³/mol. The number of nitrogens with zero attached hydrogens (tertiary/aromatic N) is 4. The van der Waals surface area contributed by atoms with Gasteiger partial charge in [0.2, 0.25) is 0 Å². The average molecular weight is 347 g/mol. The fourth-order valence-electron chi connectivity index (χ4n) is 3.36. The van der Waals surface area contributed by atoms with E-state index in [2.05, 4.69) is 21.4 Å². The quantitative estimate of drug-likeness (QED) is 0.706. The molecule has 0 N–H and O–H groups in total. The third-order valence-corrected chi connectivity index (χ3v) is 5.74. The predicted octanol–water partition coefficient (Wildman–Crippen LogP) is 4.37. The smallest absolute Gasteiger partial charge is 0.186 e. The number of imidazole rings is 1. The van der Waals surface area contributed by atoms with Crippen LogP contribution in [0.4, 0.5) is 5.13 Å². The summed E-state index contributed by atoms with van der Waals surface area (Å²) in [6.07, 6.45) is 8.28. The van der Waals surface area contributed by atoms with Crippen molar-refractivity contribution in [2.24, 2.45) is 5.92 Å². The van der Waals surface area contributed by atoms with Crippen LogP contribution in [0.3, 0.4) is 0 Å². The zero-order valence-electron chi connectivity index (χ0n) is 13.1. The van der Waals surface area contributed by atoms with Crippen LogP contribution in [-0.4, -0.2) is 27.6 Å². The second kappa shape index (κ2) is 6.13. The molecule has 1 aliphatic heterocycles. The minimum atomic E-state index is 0.648. The summed E-state index contributed by atoms with van der Waals surface area (Å²) < 4.78 is 3.36. The normalized spacial score (nSPS) is 18.7. The highest BCUT2D eigenvalue weighted by Gasteiger charge is 2.23. The highest BCUT2D eigenvalue weighted by Crippen LogP contribution is 2.34. The summed E-state index contributed by atoms with van der Waals surface area (Å²) in [5.74, 6) is 0.648. The first-order valence-corrected chi connectivity index (χ1v) is 9.16. The van der Waals surface area contributed by atoms with Crippen LogP contribution in [0.2, 0.25) is 5.02 Å². The van der Waals surface area contributed by atoms with E-state index in [0.717, 1.165) is 40.9 Å². The van der Waals surface area contributed by atoms with Crippen molar-refractivity contribution in [3.05, 3.63) is 41.4 Å². The molecule has 0 radical (unpaired) electrons. The lowest BCUT2D eigenvalue weighted by Gasteiger charge is -2.32. The van der Waals surface area contributed by atoms with E-state index in [-0.39, 0.29) is 0 Å². The van der Waals surface area contributed by atoms with Crippen LogP contribution in [-0.2, 0) is 6.54 Å². The van der Waals surface area contributed by atoms with Gasteiger partial charge in [-0.1, -0.05) is 22.9 Å². The standard InChI is InChI=1S/C17H19ClN4S/c1-12-7-14(18)8-15-16(12)20-17(23-15)22-5-2-3-13(10-22)9-21-6-4-19-11-21/h4,6-8,11,13H,2-3,5,9-10H2,1H3/t13-/m1/s1. The Hall–Kier alpha value is -1.59. The molecule has 0 unspecified atom stereocenters. The monoisotopic (exact) mass is 346 g/mol. The van der Waals surface area contributed by atoms with Gasteiger partial charge >= 0.3 is 0 Å². The number of rotatable bonds is 3. The maximum atomic E-state index is 6.18. The molecule has 0 saturated carbocycles. The van der Waals surface area contributed by atoms with Gasteiger partial charge in [0.1, 0.15) is 0 Å². The van der Waals surface area contributed by atoms with Gasteiger partial charge in [-0.25, -0.2) is 9.97 Å². The molecule has 4 nitrogen and oxygen atoms in total. The van der Waals surface area contributed by atoms with Crippen LogP contribution in [0.1, 0.15) is 18.4 Å². The van der Waals surface area contributed by atoms with Gasteiger partial charge < -0.3 is 9.47 Å². The molecule has 0 aliphatic carbocycles. The van der Waals surface area contributed by atoms with Crippen LogP contribution in [0, 0.1) is 12.8 Å². The number of fused-ring (bicyclic) bond motifs is 1. The Morgan fingerprint density at radius 3 is 3.13 bits per heavy atom. The van der Waals surface area contributed by atoms with Crippen molar-refractivity contribution in [2.45, 2.75) is 26.3 Å². The van der Waals surface area contributed by atoms with Crippen LogP contribution in [0.25, 0.3) is 10.2 Å². The summed E-state index contributed by atoms with van der Waals surface area (Å²) >= 11 is 7.93. The number of aromatic nitrogens is 3. The highest BCUT2D eigenvalue weighted by atomic mass is 35.5. The first-order chi connectivity index (χ1) is 11.2. The van der Waals surface area contributed by atoms with Gasteiger partial charge in [-0.15, -0.1) is 0 Å². The molecule has 1 aliphatic rings. The molecule has 1 fully saturated rings. The summed E-state index contributed by atoms with van der Waals surface area (Å²) in [7, 11) is 0. The number of halogens is 1. The maximum absolute atomic E-state index is 6.18. The van der Waals surface area contributed by atoms with Gasteiger partial charge in [0.05, 0.1) is 16.5 Å². The largest absolute Gasteiger partial charge is 0.348 e. The summed E-state index contributed by atoms with van der Waals surface area (Å²) in [5, 5.41) is 1.92. The molecule has 23 heavy (non-hydrogen) atoms. The van der Waals surface area contributed by atoms with E-state index < -0.39 is 0 Å². The molecule has 4 rings (SSSR count). The van der Waals surface area contributed by atoms with Gasteiger partial charge in [0, 0.05) is 37.1 Å². The molecule has 6 heteroatoms. The van der Waals surface area contributed by atoms with Crippen LogP contribution in [0.15, 0.2) is 30.9 Å². The molecule has 3 aromatic rings. The van der Waals surface area contributed by atoms with Crippen LogP contribution < -0.4 is 4.90 Å². The fraction of sp³-hybridized carbons (Fsp3) is 0.412. The first-order valence-electron chi connectivity index (χ1n) is 7.96. The molecule has 0 bridgehead atoms. The lowest BCUT2D eigenvalue weighted by molar-refractivity contribution is 0.366. The Labute approximate surface area is 144 Å². The summed E-state index contributed by atoms with van der Waals surface area (Å²) in [5.41, 5.74) is 2.24. The molecule has 2 aromatic heterocycles. The Morgan fingerprint density at radius 1 is 1.39 bits per heavy atom. The van der Waals surface area contributed by atoms with Crippen molar-refractivity contribution >= 4 is 38.3 Å². The summed E-state index contributed by atoms with van der Waals surface area (Å²) in [6.45, 7) is 5.26. The number of thiazole rings is 1. The number of hydrogen-bond donors (Lipinski definition) is 0. The van der Waals surface area contributed by atoms with E-state index in [1.807, 2.05) is 30.9 Å². The van der Waals surface area contributed by atoms with Gasteiger partial charge in [0.15, 0.2) is 5.13 Å². The van der Waals surface area contributed by atoms with Gasteiger partial charge in [-0.2, -0.15) is 0 Å². The van der Waals surface area contributed by atoms with Crippen molar-refractivity contribution < 1.29 is 0 Å². The lowest BCUT2D eigenvalue weighted by atomic mass is 9.98. The van der Waals surface area contributed by atoms with Crippen molar-refractivity contribution in [3.8, 4) is 0 Å². The third-order valence-electron chi connectivity index (χ3n) is 4.46. The van der Waals surface area contributed by atoms with E-state index in [9.17, 15) is 0 Å². The highest BCUT2D eigenvalue weighted by molar-refractivity contribution is 7.22. The maximum Gasteiger partial charge on any atom is 0.186 e. The molecular formula is C17H19ClN4S. The van der Waals surface area contributed by atoms with Crippen molar-refractivity contribution in [2.75, 3.05) is 18.0 Å². The second-order valence-corrected chi connectivity index (χ2v) is 7.73. The molecule has 1 aromatic carbocycles. The Balaban J connectivity index is 1.56. The van der Waals surface area contributed by atoms with Crippen LogP contribution in [0.5, 0.6) is 0 Å². The Morgan fingerprint density at radius 2 is 2.30 bits per heavy atom. The first kappa shape index (κ1) is 15.0. The van der Waals surface area contributed by atoms with Crippen molar-refractivity contribution in [3.63, 3.8) is 0 Å². The van der Waals surface area contributed by atoms with Crippen molar-refractivity contribution in [1.29, 1.82) is 0 Å². The zero-order chi connectivity index (χ0) is 15.8. The van der Waals surface area contributed by atoms with Crippen molar-refractivity contribution in [1.82, 2.24) is 14.5 Å². The SMILES string of the molecule is Cc1cc(Cl)cc2sc(N3CCC[C@H](Cn4ccnc4)C3)nc12. The Kier molecular flexibility index (Phi) is 3.99. The molecule has 1 atom stereocenters. The zero-order valence-corrected chi connectivity index (χ0v) is 14.6. The minimum Gasteiger partial charge on any atom is -0.348 e. The third kappa shape index (κ3) is 3.08. The molecule has 3 heterocycles. The lowest BCUT2D eigenvalue weighted by Crippen LogP contribution is -2.36. The number of hydrogen-bond acceptors (Lipinski definition) is 4. The van der Waals surface area contributed by atoms with E-state index in [1.165, 1.54) is 17.5 Å². The molecule has 120 valence electrons. The summed E-state index contributed by atoms with van der Waals surface area (Å²) in [6, 6.07) is 4.02. The van der Waals surface area contributed by atoms with E-state index >= 15 is 0 Å². The Bertz CT molecular complexity index is 811. The number of benzene rings is 1. The minimum absolute atomic E-state index is 0.648. The van der Waals surface area contributed by atoms with Gasteiger partial charge in [-0.05, 0) is 43.4 Å². The van der Waals surface area contributed by atoms with E-state index in [1.54, 1.807) is 11.3 Å². The van der Waals surface area contributed by atoms with Crippen LogP contribution >= 0.6 is 22.9 Å². The summed E-state index contributed by atoms with van der Waals surface area (Å²) in [4.78, 5) is 11.4. The number of piperidine rings is 1. The molecule has 0 spiro atoms. The molecular weight excluding hydrogens is 328 g/mol. The molecule has 0 amide bonds. The van der Waals surface area contributed by atoms with Gasteiger partial charge in [0.25, 0.3) is 0 Å².